The van der Waals surface area contributed by atoms with Gasteiger partial charge in [-0.05, 0) is 72.5 Å². The van der Waals surface area contributed by atoms with Gasteiger partial charge in [-0.2, -0.15) is 0 Å². The number of aryl methyl sites for hydroxylation is 1. The summed E-state index contributed by atoms with van der Waals surface area (Å²) in [5, 5.41) is 2.39. The molecule has 1 unspecified atom stereocenters. The first-order valence-corrected chi connectivity index (χ1v) is 13.8. The molecule has 1 atom stereocenters. The summed E-state index contributed by atoms with van der Waals surface area (Å²) in [7, 11) is 0. The predicted molar refractivity (Wildman–Crippen MR) is 155 cm³/mol. The molecule has 0 aliphatic carbocycles. The van der Waals surface area contributed by atoms with Crippen molar-refractivity contribution in [3.05, 3.63) is 102 Å². The normalized spacial score (nSPS) is 19.3. The van der Waals surface area contributed by atoms with Crippen molar-refractivity contribution in [2.45, 2.75) is 31.6 Å². The van der Waals surface area contributed by atoms with Gasteiger partial charge in [0.05, 0.1) is 11.3 Å². The third-order valence-corrected chi connectivity index (χ3v) is 8.81. The van der Waals surface area contributed by atoms with E-state index in [0.29, 0.717) is 19.6 Å². The number of nitrogens with one attached hydrogen (secondary N) is 2. The molecule has 0 saturated carbocycles. The van der Waals surface area contributed by atoms with Gasteiger partial charge in [-0.25, -0.2) is 0 Å². The summed E-state index contributed by atoms with van der Waals surface area (Å²) in [4.78, 5) is 37.7. The van der Waals surface area contributed by atoms with Crippen LogP contribution in [0.4, 0.5) is 5.69 Å². The van der Waals surface area contributed by atoms with E-state index >= 15 is 0 Å². The Hall–Kier alpha value is -4.32. The first kappa shape index (κ1) is 23.8. The maximum absolute atomic E-state index is 13.7. The predicted octanol–water partition coefficient (Wildman–Crippen LogP) is 5.92. The molecule has 2 N–H and O–H groups in total. The van der Waals surface area contributed by atoms with E-state index in [1.165, 1.54) is 22.2 Å². The molecular formula is C33H32N4O2. The number of rotatable bonds is 4. The van der Waals surface area contributed by atoms with Crippen LogP contribution in [0, 0.1) is 12.8 Å². The van der Waals surface area contributed by atoms with Crippen LogP contribution in [-0.4, -0.2) is 46.3 Å². The Morgan fingerprint density at radius 1 is 0.821 bits per heavy atom. The van der Waals surface area contributed by atoms with Gasteiger partial charge in [-0.3, -0.25) is 9.59 Å². The van der Waals surface area contributed by atoms with Gasteiger partial charge in [0.25, 0.3) is 0 Å². The summed E-state index contributed by atoms with van der Waals surface area (Å²) < 4.78 is 0. The Kier molecular flexibility index (Phi) is 5.58. The second kappa shape index (κ2) is 9.16. The number of hydrogen-bond acceptors (Lipinski definition) is 2. The van der Waals surface area contributed by atoms with Crippen LogP contribution in [0.2, 0.25) is 0 Å². The number of para-hydroxylation sites is 2. The fourth-order valence-electron chi connectivity index (χ4n) is 6.63. The van der Waals surface area contributed by atoms with Crippen LogP contribution < -0.4 is 4.90 Å². The molecule has 39 heavy (non-hydrogen) atoms. The van der Waals surface area contributed by atoms with Gasteiger partial charge >= 0.3 is 0 Å². The third kappa shape index (κ3) is 4.02. The number of carbonyl (C=O) groups excluding carboxylic acids is 2. The van der Waals surface area contributed by atoms with Crippen molar-refractivity contribution in [3.63, 3.8) is 0 Å². The molecule has 2 aromatic heterocycles. The van der Waals surface area contributed by atoms with E-state index in [1.807, 2.05) is 36.1 Å². The summed E-state index contributed by atoms with van der Waals surface area (Å²) in [6, 6.07) is 29.3. The summed E-state index contributed by atoms with van der Waals surface area (Å²) in [5.74, 6) is -0.173. The van der Waals surface area contributed by atoms with Crippen molar-refractivity contribution in [3.8, 4) is 0 Å². The van der Waals surface area contributed by atoms with Crippen molar-refractivity contribution in [2.24, 2.45) is 5.92 Å². The zero-order chi connectivity index (χ0) is 26.6. The summed E-state index contributed by atoms with van der Waals surface area (Å²) in [6.45, 7) is 3.77. The van der Waals surface area contributed by atoms with Gasteiger partial charge in [0.15, 0.2) is 0 Å². The maximum Gasteiger partial charge on any atom is 0.228 e. The number of aromatic amines is 2. The smallest absolute Gasteiger partial charge is 0.228 e. The molecule has 5 aromatic rings. The van der Waals surface area contributed by atoms with Crippen LogP contribution in [0.25, 0.3) is 21.8 Å². The molecule has 7 rings (SSSR count). The van der Waals surface area contributed by atoms with Crippen LogP contribution in [0.3, 0.4) is 0 Å². The molecule has 0 spiro atoms. The standard InChI is InChI=1S/C33H32N4O2/c1-22-7-6-10-26(17-22)37-21-25(20-31(37)38)32(39)36-15-13-33(14-16-36,29-18-23-8-2-4-11-27(23)34-29)30-19-24-9-3-5-12-28(24)35-30/h2-12,17-19,25,34-35H,13-16,20-21H2,1H3. The molecule has 2 amide bonds. The molecule has 3 aromatic carbocycles. The van der Waals surface area contributed by atoms with Crippen molar-refractivity contribution in [2.75, 3.05) is 24.5 Å². The average Bonchev–Trinajstić information content (AvgIpc) is 3.69. The summed E-state index contributed by atoms with van der Waals surface area (Å²) >= 11 is 0. The van der Waals surface area contributed by atoms with Crippen LogP contribution in [0.5, 0.6) is 0 Å². The van der Waals surface area contributed by atoms with Gasteiger partial charge in [0.1, 0.15) is 0 Å². The first-order chi connectivity index (χ1) is 19.0. The number of hydrogen-bond donors (Lipinski definition) is 2. The number of fused-ring (bicyclic) bond motifs is 2. The molecule has 6 nitrogen and oxygen atoms in total. The number of aromatic nitrogens is 2. The second-order valence-corrected chi connectivity index (χ2v) is 11.2. The molecule has 2 aliphatic heterocycles. The number of benzene rings is 3. The number of nitrogens with zero attached hydrogens (tertiary/aromatic N) is 2. The fraction of sp³-hybridized carbons (Fsp3) is 0.273. The first-order valence-electron chi connectivity index (χ1n) is 13.8. The van der Waals surface area contributed by atoms with Crippen LogP contribution in [0.1, 0.15) is 36.2 Å². The van der Waals surface area contributed by atoms with Crippen molar-refractivity contribution < 1.29 is 9.59 Å². The van der Waals surface area contributed by atoms with E-state index in [1.54, 1.807) is 4.90 Å². The monoisotopic (exact) mass is 516 g/mol. The van der Waals surface area contributed by atoms with Crippen LogP contribution in [0.15, 0.2) is 84.9 Å². The van der Waals surface area contributed by atoms with Crippen LogP contribution in [-0.2, 0) is 15.0 Å². The Balaban J connectivity index is 1.16. The highest BCUT2D eigenvalue weighted by atomic mass is 16.2. The molecule has 2 saturated heterocycles. The van der Waals surface area contributed by atoms with E-state index in [2.05, 4.69) is 70.6 Å². The second-order valence-electron chi connectivity index (χ2n) is 11.2. The SMILES string of the molecule is Cc1cccc(N2CC(C(=O)N3CCC(c4cc5ccccc5[nH]4)(c4cc5ccccc5[nH]4)CC3)CC2=O)c1. The lowest BCUT2D eigenvalue weighted by Gasteiger charge is -2.41. The maximum atomic E-state index is 13.7. The van der Waals surface area contributed by atoms with Gasteiger partial charge in [-0.1, -0.05) is 48.5 Å². The summed E-state index contributed by atoms with van der Waals surface area (Å²) in [5.41, 5.74) is 6.35. The van der Waals surface area contributed by atoms with Crippen molar-refractivity contribution in [1.82, 2.24) is 14.9 Å². The zero-order valence-electron chi connectivity index (χ0n) is 22.1. The van der Waals surface area contributed by atoms with E-state index in [-0.39, 0.29) is 29.6 Å². The van der Waals surface area contributed by atoms with E-state index < -0.39 is 0 Å². The largest absolute Gasteiger partial charge is 0.358 e. The molecule has 4 heterocycles. The molecule has 2 aliphatic rings. The number of amides is 2. The quantitative estimate of drug-likeness (QED) is 0.311. The van der Waals surface area contributed by atoms with E-state index in [9.17, 15) is 9.59 Å². The van der Waals surface area contributed by atoms with Gasteiger partial charge in [-0.15, -0.1) is 0 Å². The van der Waals surface area contributed by atoms with Crippen molar-refractivity contribution in [1.29, 1.82) is 0 Å². The van der Waals surface area contributed by atoms with Crippen LogP contribution >= 0.6 is 0 Å². The third-order valence-electron chi connectivity index (χ3n) is 8.81. The van der Waals surface area contributed by atoms with E-state index in [0.717, 1.165) is 35.1 Å². The highest BCUT2D eigenvalue weighted by Gasteiger charge is 2.44. The molecule has 2 fully saturated rings. The van der Waals surface area contributed by atoms with Gasteiger partial charge in [0.2, 0.25) is 11.8 Å². The minimum absolute atomic E-state index is 0.0291. The molecule has 0 bridgehead atoms. The molecule has 0 radical (unpaired) electrons. The average molecular weight is 517 g/mol. The highest BCUT2D eigenvalue weighted by molar-refractivity contribution is 6.00. The Morgan fingerprint density at radius 3 is 2.03 bits per heavy atom. The summed E-state index contributed by atoms with van der Waals surface area (Å²) in [6.07, 6.45) is 1.89. The number of H-pyrrole nitrogens is 2. The lowest BCUT2D eigenvalue weighted by atomic mass is 9.72. The Labute approximate surface area is 227 Å². The number of piperidine rings is 1. The Bertz CT molecular complexity index is 1560. The highest BCUT2D eigenvalue weighted by Crippen LogP contribution is 2.43. The molecule has 196 valence electrons. The van der Waals surface area contributed by atoms with E-state index in [4.69, 9.17) is 0 Å². The lowest BCUT2D eigenvalue weighted by Crippen LogP contribution is -2.48. The lowest BCUT2D eigenvalue weighted by molar-refractivity contribution is -0.137. The minimum Gasteiger partial charge on any atom is -0.358 e. The topological polar surface area (TPSA) is 72.2 Å². The number of anilines is 1. The van der Waals surface area contributed by atoms with Gasteiger partial charge in [0, 0.05) is 54.2 Å². The number of likely N-dealkylation sites (tertiary alicyclic amines) is 1. The molecule has 6 heteroatoms. The van der Waals surface area contributed by atoms with Gasteiger partial charge < -0.3 is 19.8 Å². The minimum atomic E-state index is -0.299. The Morgan fingerprint density at radius 2 is 1.44 bits per heavy atom. The fourth-order valence-corrected chi connectivity index (χ4v) is 6.63. The zero-order valence-corrected chi connectivity index (χ0v) is 22.1. The number of carbonyl (C=O) groups is 2. The van der Waals surface area contributed by atoms with Crippen molar-refractivity contribution >= 4 is 39.3 Å². The molecular weight excluding hydrogens is 484 g/mol.